The fraction of sp³-hybridized carbons (Fsp3) is 0.235. The molecule has 0 aliphatic heterocycles. The fourth-order valence-corrected chi connectivity index (χ4v) is 2.23. The summed E-state index contributed by atoms with van der Waals surface area (Å²) in [6, 6.07) is 19.1. The van der Waals surface area contributed by atoms with Gasteiger partial charge < -0.3 is 5.11 Å². The Morgan fingerprint density at radius 3 is 2.05 bits per heavy atom. The summed E-state index contributed by atoms with van der Waals surface area (Å²) in [4.78, 5) is 11.8. The number of carbonyl (C=O) groups excluding carboxylic acids is 1. The summed E-state index contributed by atoms with van der Waals surface area (Å²) < 4.78 is 0. The van der Waals surface area contributed by atoms with Gasteiger partial charge in [0.1, 0.15) is 5.78 Å². The largest absolute Gasteiger partial charge is 0.388 e. The first-order valence-corrected chi connectivity index (χ1v) is 6.46. The standard InChI is InChI=1S/C17H18O2/c1-13(18)16(12-14-8-4-2-5-9-14)17(19)15-10-6-3-7-11-15/h2-11,16-17,19H,12H2,1H3/t16-,17-/m1/s1. The molecule has 0 saturated carbocycles. The highest BCUT2D eigenvalue weighted by atomic mass is 16.3. The van der Waals surface area contributed by atoms with E-state index < -0.39 is 12.0 Å². The van der Waals surface area contributed by atoms with Crippen LogP contribution in [0.15, 0.2) is 60.7 Å². The molecular weight excluding hydrogens is 236 g/mol. The van der Waals surface area contributed by atoms with Gasteiger partial charge in [-0.1, -0.05) is 60.7 Å². The molecule has 0 aliphatic rings. The zero-order valence-corrected chi connectivity index (χ0v) is 11.0. The van der Waals surface area contributed by atoms with Gasteiger partial charge in [-0.3, -0.25) is 4.79 Å². The third-order valence-corrected chi connectivity index (χ3v) is 3.34. The number of ketones is 1. The van der Waals surface area contributed by atoms with Gasteiger partial charge in [0.25, 0.3) is 0 Å². The second-order valence-electron chi connectivity index (χ2n) is 4.76. The third-order valence-electron chi connectivity index (χ3n) is 3.34. The molecule has 1 N–H and O–H groups in total. The minimum absolute atomic E-state index is 0.0141. The van der Waals surface area contributed by atoms with E-state index in [4.69, 9.17) is 0 Å². The predicted octanol–water partition coefficient (Wildman–Crippen LogP) is 3.17. The fourth-order valence-electron chi connectivity index (χ4n) is 2.23. The molecule has 0 saturated heterocycles. The zero-order chi connectivity index (χ0) is 13.7. The van der Waals surface area contributed by atoms with Crippen LogP contribution >= 0.6 is 0 Å². The van der Waals surface area contributed by atoms with Crippen molar-refractivity contribution >= 4 is 5.78 Å². The molecule has 0 aliphatic carbocycles. The molecule has 2 atom stereocenters. The molecule has 2 rings (SSSR count). The normalized spacial score (nSPS) is 13.8. The maximum atomic E-state index is 11.8. The van der Waals surface area contributed by atoms with E-state index in [0.29, 0.717) is 6.42 Å². The van der Waals surface area contributed by atoms with Gasteiger partial charge >= 0.3 is 0 Å². The van der Waals surface area contributed by atoms with E-state index in [1.54, 1.807) is 6.92 Å². The van der Waals surface area contributed by atoms with Crippen molar-refractivity contribution in [2.75, 3.05) is 0 Å². The lowest BCUT2D eigenvalue weighted by atomic mass is 9.87. The van der Waals surface area contributed by atoms with Crippen LogP contribution in [-0.4, -0.2) is 10.9 Å². The molecule has 19 heavy (non-hydrogen) atoms. The van der Waals surface area contributed by atoms with Gasteiger partial charge in [-0.15, -0.1) is 0 Å². The Balaban J connectivity index is 2.19. The second kappa shape index (κ2) is 6.30. The van der Waals surface area contributed by atoms with Crippen molar-refractivity contribution in [1.29, 1.82) is 0 Å². The van der Waals surface area contributed by atoms with Crippen molar-refractivity contribution in [1.82, 2.24) is 0 Å². The van der Waals surface area contributed by atoms with Crippen molar-refractivity contribution in [2.45, 2.75) is 19.4 Å². The van der Waals surface area contributed by atoms with E-state index >= 15 is 0 Å². The molecule has 2 aromatic carbocycles. The van der Waals surface area contributed by atoms with Crippen LogP contribution in [0.25, 0.3) is 0 Å². The van der Waals surface area contributed by atoms with E-state index in [2.05, 4.69) is 0 Å². The number of benzene rings is 2. The lowest BCUT2D eigenvalue weighted by Gasteiger charge is -2.21. The highest BCUT2D eigenvalue weighted by Crippen LogP contribution is 2.26. The Labute approximate surface area is 113 Å². The Morgan fingerprint density at radius 2 is 1.53 bits per heavy atom. The molecule has 2 aromatic rings. The molecule has 0 radical (unpaired) electrons. The van der Waals surface area contributed by atoms with Gasteiger partial charge in [-0.2, -0.15) is 0 Å². The number of hydrogen-bond acceptors (Lipinski definition) is 2. The summed E-state index contributed by atoms with van der Waals surface area (Å²) >= 11 is 0. The first-order chi connectivity index (χ1) is 9.18. The minimum atomic E-state index is -0.751. The van der Waals surface area contributed by atoms with Crippen LogP contribution in [0.2, 0.25) is 0 Å². The molecule has 0 bridgehead atoms. The first kappa shape index (κ1) is 13.5. The number of aliphatic hydroxyl groups excluding tert-OH is 1. The van der Waals surface area contributed by atoms with Crippen LogP contribution in [0.4, 0.5) is 0 Å². The van der Waals surface area contributed by atoms with Crippen LogP contribution in [0, 0.1) is 5.92 Å². The van der Waals surface area contributed by atoms with Crippen molar-refractivity contribution in [3.05, 3.63) is 71.8 Å². The Bertz CT molecular complexity index is 519. The van der Waals surface area contributed by atoms with Crippen molar-refractivity contribution in [3.63, 3.8) is 0 Å². The smallest absolute Gasteiger partial charge is 0.136 e. The lowest BCUT2D eigenvalue weighted by Crippen LogP contribution is -2.22. The molecule has 98 valence electrons. The van der Waals surface area contributed by atoms with Gasteiger partial charge in [-0.25, -0.2) is 0 Å². The van der Waals surface area contributed by atoms with Crippen LogP contribution in [0.5, 0.6) is 0 Å². The topological polar surface area (TPSA) is 37.3 Å². The Hall–Kier alpha value is -1.93. The maximum Gasteiger partial charge on any atom is 0.136 e. The molecule has 0 spiro atoms. The Morgan fingerprint density at radius 1 is 1.00 bits per heavy atom. The molecule has 0 heterocycles. The van der Waals surface area contributed by atoms with Gasteiger partial charge in [0.05, 0.1) is 12.0 Å². The monoisotopic (exact) mass is 254 g/mol. The van der Waals surface area contributed by atoms with Gasteiger partial charge in [0.15, 0.2) is 0 Å². The van der Waals surface area contributed by atoms with E-state index in [1.807, 2.05) is 60.7 Å². The van der Waals surface area contributed by atoms with Gasteiger partial charge in [0, 0.05) is 0 Å². The number of rotatable bonds is 5. The summed E-state index contributed by atoms with van der Waals surface area (Å²) in [7, 11) is 0. The van der Waals surface area contributed by atoms with Gasteiger partial charge in [-0.05, 0) is 24.5 Å². The number of Topliss-reactive ketones (excluding diaryl/α,β-unsaturated/α-hetero) is 1. The van der Waals surface area contributed by atoms with E-state index in [0.717, 1.165) is 11.1 Å². The van der Waals surface area contributed by atoms with Crippen LogP contribution in [0.3, 0.4) is 0 Å². The maximum absolute atomic E-state index is 11.8. The van der Waals surface area contributed by atoms with Crippen molar-refractivity contribution in [3.8, 4) is 0 Å². The number of hydrogen-bond donors (Lipinski definition) is 1. The molecular formula is C17H18O2. The van der Waals surface area contributed by atoms with E-state index in [9.17, 15) is 9.90 Å². The molecule has 0 aromatic heterocycles. The summed E-state index contributed by atoms with van der Waals surface area (Å²) in [5.41, 5.74) is 1.86. The average molecular weight is 254 g/mol. The lowest BCUT2D eigenvalue weighted by molar-refractivity contribution is -0.124. The van der Waals surface area contributed by atoms with Crippen LogP contribution < -0.4 is 0 Å². The Kier molecular flexibility index (Phi) is 4.48. The van der Waals surface area contributed by atoms with Crippen LogP contribution in [-0.2, 0) is 11.2 Å². The number of carbonyl (C=O) groups is 1. The highest BCUT2D eigenvalue weighted by Gasteiger charge is 2.25. The van der Waals surface area contributed by atoms with Crippen LogP contribution in [0.1, 0.15) is 24.2 Å². The minimum Gasteiger partial charge on any atom is -0.388 e. The predicted molar refractivity (Wildman–Crippen MR) is 75.7 cm³/mol. The number of aliphatic hydroxyl groups is 1. The SMILES string of the molecule is CC(=O)[C@@H](Cc1ccccc1)[C@H](O)c1ccccc1. The third kappa shape index (κ3) is 3.52. The zero-order valence-electron chi connectivity index (χ0n) is 11.0. The average Bonchev–Trinajstić information content (AvgIpc) is 2.46. The molecule has 0 amide bonds. The van der Waals surface area contributed by atoms with E-state index in [-0.39, 0.29) is 5.78 Å². The molecule has 2 nitrogen and oxygen atoms in total. The summed E-state index contributed by atoms with van der Waals surface area (Å²) in [6.07, 6.45) is -0.189. The summed E-state index contributed by atoms with van der Waals surface area (Å²) in [5.74, 6) is -0.384. The molecule has 0 fully saturated rings. The van der Waals surface area contributed by atoms with Crippen molar-refractivity contribution in [2.24, 2.45) is 5.92 Å². The molecule has 0 unspecified atom stereocenters. The highest BCUT2D eigenvalue weighted by molar-refractivity contribution is 5.79. The second-order valence-corrected chi connectivity index (χ2v) is 4.76. The first-order valence-electron chi connectivity index (χ1n) is 6.46. The van der Waals surface area contributed by atoms with Gasteiger partial charge in [0.2, 0.25) is 0 Å². The summed E-state index contributed by atoms with van der Waals surface area (Å²) in [6.45, 7) is 1.54. The molecule has 2 heteroatoms. The summed E-state index contributed by atoms with van der Waals surface area (Å²) in [5, 5.41) is 10.4. The van der Waals surface area contributed by atoms with Crippen molar-refractivity contribution < 1.29 is 9.90 Å². The van der Waals surface area contributed by atoms with E-state index in [1.165, 1.54) is 0 Å². The quantitative estimate of drug-likeness (QED) is 0.889.